The maximum atomic E-state index is 10.6. The van der Waals surface area contributed by atoms with Crippen molar-refractivity contribution in [3.63, 3.8) is 0 Å². The van der Waals surface area contributed by atoms with E-state index in [2.05, 4.69) is 15.5 Å². The van der Waals surface area contributed by atoms with Gasteiger partial charge in [-0.1, -0.05) is 5.16 Å². The van der Waals surface area contributed by atoms with Gasteiger partial charge in [0.05, 0.1) is 5.56 Å². The second kappa shape index (κ2) is 5.11. The quantitative estimate of drug-likeness (QED) is 0.812. The number of carboxylic acids is 1. The number of nitrogens with one attached hydrogen (secondary N) is 1. The Morgan fingerprint density at radius 2 is 2.12 bits per heavy atom. The summed E-state index contributed by atoms with van der Waals surface area (Å²) in [6.07, 6.45) is 1.98. The molecule has 0 saturated heterocycles. The molecule has 0 aliphatic rings. The van der Waals surface area contributed by atoms with Gasteiger partial charge in [0.25, 0.3) is 0 Å². The van der Waals surface area contributed by atoms with E-state index in [0.717, 1.165) is 5.69 Å². The fraction of sp³-hybridized carbons (Fsp3) is 0.182. The molecule has 2 aromatic rings. The van der Waals surface area contributed by atoms with E-state index in [4.69, 9.17) is 9.63 Å². The largest absolute Gasteiger partial charge is 0.478 e. The summed E-state index contributed by atoms with van der Waals surface area (Å²) in [6, 6.07) is 6.54. The number of hydrogen-bond donors (Lipinski definition) is 2. The molecule has 0 amide bonds. The Labute approximate surface area is 97.3 Å². The maximum absolute atomic E-state index is 10.6. The van der Waals surface area contributed by atoms with Crippen LogP contribution in [0.1, 0.15) is 16.2 Å². The van der Waals surface area contributed by atoms with E-state index in [1.807, 2.05) is 0 Å². The molecule has 1 aromatic carbocycles. The average molecular weight is 233 g/mol. The predicted octanol–water partition coefficient (Wildman–Crippen LogP) is 1.42. The van der Waals surface area contributed by atoms with Crippen LogP contribution in [-0.4, -0.2) is 27.8 Å². The molecular weight excluding hydrogens is 222 g/mol. The highest BCUT2D eigenvalue weighted by molar-refractivity contribution is 5.87. The molecule has 0 atom stereocenters. The molecule has 0 unspecified atom stereocenters. The minimum Gasteiger partial charge on any atom is -0.478 e. The first-order valence-corrected chi connectivity index (χ1v) is 5.08. The Kier molecular flexibility index (Phi) is 3.34. The number of benzene rings is 1. The van der Waals surface area contributed by atoms with Gasteiger partial charge in [0.15, 0.2) is 6.33 Å². The summed E-state index contributed by atoms with van der Waals surface area (Å²) in [4.78, 5) is 14.5. The van der Waals surface area contributed by atoms with Gasteiger partial charge in [0.2, 0.25) is 5.89 Å². The Bertz CT molecular complexity index is 479. The summed E-state index contributed by atoms with van der Waals surface area (Å²) in [5.41, 5.74) is 1.13. The fourth-order valence-electron chi connectivity index (χ4n) is 1.35. The lowest BCUT2D eigenvalue weighted by molar-refractivity contribution is 0.0697. The molecule has 6 heteroatoms. The van der Waals surface area contributed by atoms with Gasteiger partial charge in [-0.25, -0.2) is 4.79 Å². The molecule has 0 radical (unpaired) electrons. The van der Waals surface area contributed by atoms with Crippen LogP contribution >= 0.6 is 0 Å². The summed E-state index contributed by atoms with van der Waals surface area (Å²) in [6.45, 7) is 0.647. The van der Waals surface area contributed by atoms with Gasteiger partial charge in [-0.05, 0) is 24.3 Å². The zero-order valence-corrected chi connectivity index (χ0v) is 8.96. The number of rotatable bonds is 5. The molecule has 0 spiro atoms. The van der Waals surface area contributed by atoms with E-state index in [9.17, 15) is 4.79 Å². The molecule has 0 bridgehead atoms. The number of anilines is 1. The Hall–Kier alpha value is -2.37. The number of aromatic nitrogens is 2. The molecule has 17 heavy (non-hydrogen) atoms. The molecule has 6 nitrogen and oxygen atoms in total. The first kappa shape index (κ1) is 11.1. The molecule has 2 N–H and O–H groups in total. The van der Waals surface area contributed by atoms with Crippen LogP contribution in [0.3, 0.4) is 0 Å². The molecule has 2 rings (SSSR count). The van der Waals surface area contributed by atoms with Gasteiger partial charge < -0.3 is 14.9 Å². The molecule has 1 aromatic heterocycles. The van der Waals surface area contributed by atoms with E-state index in [-0.39, 0.29) is 5.56 Å². The van der Waals surface area contributed by atoms with Crippen molar-refractivity contribution in [3.05, 3.63) is 42.0 Å². The second-order valence-corrected chi connectivity index (χ2v) is 3.39. The van der Waals surface area contributed by atoms with Crippen LogP contribution in [0.15, 0.2) is 35.1 Å². The Morgan fingerprint density at radius 3 is 2.71 bits per heavy atom. The fourth-order valence-corrected chi connectivity index (χ4v) is 1.35. The van der Waals surface area contributed by atoms with Gasteiger partial charge in [0, 0.05) is 18.7 Å². The number of carboxylic acid groups (broad SMARTS) is 1. The Morgan fingerprint density at radius 1 is 1.35 bits per heavy atom. The van der Waals surface area contributed by atoms with Crippen LogP contribution in [0, 0.1) is 0 Å². The highest BCUT2D eigenvalue weighted by Gasteiger charge is 2.02. The van der Waals surface area contributed by atoms with E-state index in [1.54, 1.807) is 24.3 Å². The molecule has 1 heterocycles. The molecular formula is C11H11N3O3. The van der Waals surface area contributed by atoms with Crippen LogP contribution in [0.2, 0.25) is 0 Å². The monoisotopic (exact) mass is 233 g/mol. The highest BCUT2D eigenvalue weighted by Crippen LogP contribution is 2.09. The van der Waals surface area contributed by atoms with Crippen molar-refractivity contribution in [2.75, 3.05) is 11.9 Å². The lowest BCUT2D eigenvalue weighted by atomic mass is 10.2. The van der Waals surface area contributed by atoms with E-state index in [1.165, 1.54) is 6.33 Å². The van der Waals surface area contributed by atoms with Gasteiger partial charge in [-0.3, -0.25) is 0 Å². The number of aromatic carboxylic acids is 1. The van der Waals surface area contributed by atoms with Crippen molar-refractivity contribution in [3.8, 4) is 0 Å². The van der Waals surface area contributed by atoms with Gasteiger partial charge >= 0.3 is 5.97 Å². The van der Waals surface area contributed by atoms with Gasteiger partial charge in [-0.2, -0.15) is 4.98 Å². The van der Waals surface area contributed by atoms with Crippen molar-refractivity contribution in [1.29, 1.82) is 0 Å². The van der Waals surface area contributed by atoms with E-state index < -0.39 is 5.97 Å². The topological polar surface area (TPSA) is 88.2 Å². The van der Waals surface area contributed by atoms with Crippen LogP contribution < -0.4 is 5.32 Å². The highest BCUT2D eigenvalue weighted by atomic mass is 16.5. The molecule has 0 fully saturated rings. The summed E-state index contributed by atoms with van der Waals surface area (Å²) >= 11 is 0. The van der Waals surface area contributed by atoms with Crippen LogP contribution in [0.25, 0.3) is 0 Å². The third-order valence-corrected chi connectivity index (χ3v) is 2.21. The third kappa shape index (κ3) is 3.04. The zero-order valence-electron chi connectivity index (χ0n) is 8.96. The molecule has 0 aliphatic heterocycles. The summed E-state index contributed by atoms with van der Waals surface area (Å²) < 4.78 is 4.84. The normalized spacial score (nSPS) is 10.1. The number of nitrogens with zero attached hydrogens (tertiary/aromatic N) is 2. The van der Waals surface area contributed by atoms with Crippen molar-refractivity contribution in [1.82, 2.24) is 10.1 Å². The summed E-state index contributed by atoms with van der Waals surface area (Å²) in [5, 5.41) is 15.4. The maximum Gasteiger partial charge on any atom is 0.335 e. The average Bonchev–Trinajstić information content (AvgIpc) is 2.83. The minimum absolute atomic E-state index is 0.271. The van der Waals surface area contributed by atoms with Crippen LogP contribution in [-0.2, 0) is 6.42 Å². The van der Waals surface area contributed by atoms with E-state index in [0.29, 0.717) is 18.9 Å². The van der Waals surface area contributed by atoms with Crippen molar-refractivity contribution >= 4 is 11.7 Å². The van der Waals surface area contributed by atoms with Crippen molar-refractivity contribution in [2.45, 2.75) is 6.42 Å². The first-order valence-electron chi connectivity index (χ1n) is 5.08. The van der Waals surface area contributed by atoms with Gasteiger partial charge in [-0.15, -0.1) is 0 Å². The van der Waals surface area contributed by atoms with Gasteiger partial charge in [0.1, 0.15) is 0 Å². The van der Waals surface area contributed by atoms with E-state index >= 15 is 0 Å². The summed E-state index contributed by atoms with van der Waals surface area (Å²) in [7, 11) is 0. The number of carbonyl (C=O) groups is 1. The Balaban J connectivity index is 1.85. The molecule has 0 aliphatic carbocycles. The lowest BCUT2D eigenvalue weighted by Crippen LogP contribution is -2.05. The minimum atomic E-state index is -0.928. The standard InChI is InChI=1S/C11H11N3O3/c15-11(16)8-1-3-9(4-2-8)12-6-5-10-13-7-14-17-10/h1-4,7,12H,5-6H2,(H,15,16). The second-order valence-electron chi connectivity index (χ2n) is 3.39. The molecule has 88 valence electrons. The van der Waals surface area contributed by atoms with Crippen LogP contribution in [0.5, 0.6) is 0 Å². The zero-order chi connectivity index (χ0) is 12.1. The first-order chi connectivity index (χ1) is 8.25. The molecule has 0 saturated carbocycles. The predicted molar refractivity (Wildman–Crippen MR) is 59.9 cm³/mol. The third-order valence-electron chi connectivity index (χ3n) is 2.21. The SMILES string of the molecule is O=C(O)c1ccc(NCCc2ncno2)cc1. The van der Waals surface area contributed by atoms with Crippen LogP contribution in [0.4, 0.5) is 5.69 Å². The number of hydrogen-bond acceptors (Lipinski definition) is 5. The lowest BCUT2D eigenvalue weighted by Gasteiger charge is -2.04. The van der Waals surface area contributed by atoms with Crippen molar-refractivity contribution in [2.24, 2.45) is 0 Å². The van der Waals surface area contributed by atoms with Crippen molar-refractivity contribution < 1.29 is 14.4 Å². The summed E-state index contributed by atoms with van der Waals surface area (Å²) in [5.74, 6) is -0.359. The smallest absolute Gasteiger partial charge is 0.335 e.